The number of ether oxygens (including phenoxy) is 1. The maximum atomic E-state index is 11.5. The summed E-state index contributed by atoms with van der Waals surface area (Å²) in [6, 6.07) is 0. The third-order valence-electron chi connectivity index (χ3n) is 4.35. The molecule has 1 amide bonds. The molecule has 1 heterocycles. The first kappa shape index (κ1) is 20.7. The van der Waals surface area contributed by atoms with Crippen LogP contribution in [0.4, 0.5) is 0 Å². The smallest absolute Gasteiger partial charge is 0.220 e. The number of carbonyl (C=O) groups is 1. The molecule has 140 valence electrons. The van der Waals surface area contributed by atoms with Gasteiger partial charge in [0.05, 0.1) is 0 Å². The highest BCUT2D eigenvalue weighted by atomic mass is 16.5. The van der Waals surface area contributed by atoms with Gasteiger partial charge in [-0.25, -0.2) is 0 Å². The van der Waals surface area contributed by atoms with Crippen molar-refractivity contribution in [1.29, 1.82) is 0 Å². The van der Waals surface area contributed by atoms with Crippen LogP contribution in [-0.2, 0) is 9.53 Å². The third-order valence-corrected chi connectivity index (χ3v) is 4.35. The van der Waals surface area contributed by atoms with Crippen LogP contribution in [-0.4, -0.2) is 63.2 Å². The van der Waals surface area contributed by atoms with Crippen molar-refractivity contribution >= 4 is 11.9 Å². The molecule has 1 fully saturated rings. The summed E-state index contributed by atoms with van der Waals surface area (Å²) in [5.74, 6) is 1.65. The lowest BCUT2D eigenvalue weighted by Gasteiger charge is -2.34. The van der Waals surface area contributed by atoms with Gasteiger partial charge in [0, 0.05) is 52.9 Å². The lowest BCUT2D eigenvalue weighted by atomic mass is 9.93. The molecule has 1 rings (SSSR count). The van der Waals surface area contributed by atoms with E-state index in [1.54, 1.807) is 7.05 Å². The first-order chi connectivity index (χ1) is 11.7. The van der Waals surface area contributed by atoms with Crippen LogP contribution in [0.3, 0.4) is 0 Å². The van der Waals surface area contributed by atoms with Gasteiger partial charge in [0.1, 0.15) is 0 Å². The summed E-state index contributed by atoms with van der Waals surface area (Å²) in [4.78, 5) is 18.5. The highest BCUT2D eigenvalue weighted by molar-refractivity contribution is 5.80. The summed E-state index contributed by atoms with van der Waals surface area (Å²) in [7, 11) is 1.71. The van der Waals surface area contributed by atoms with Crippen molar-refractivity contribution < 1.29 is 9.53 Å². The van der Waals surface area contributed by atoms with E-state index in [0.717, 1.165) is 71.0 Å². The number of rotatable bonds is 10. The normalized spacial score (nSPS) is 16.3. The van der Waals surface area contributed by atoms with Gasteiger partial charge in [0.2, 0.25) is 5.91 Å². The number of piperidine rings is 1. The number of carbonyl (C=O) groups excluding carboxylic acids is 1. The molecule has 1 saturated heterocycles. The van der Waals surface area contributed by atoms with Gasteiger partial charge in [-0.3, -0.25) is 9.79 Å². The number of nitrogens with zero attached hydrogens (tertiary/aromatic N) is 2. The standard InChI is InChI=1S/C18H36N4O2/c1-4-6-13-24-14-7-10-21-18(20-5-2)22-11-8-16(9-12-22)15-17(23)19-3/h16H,4-15H2,1-3H3,(H,19,23)(H,20,21). The van der Waals surface area contributed by atoms with Crippen LogP contribution in [0.1, 0.15) is 52.4 Å². The fourth-order valence-corrected chi connectivity index (χ4v) is 2.84. The van der Waals surface area contributed by atoms with Crippen molar-refractivity contribution in [3.8, 4) is 0 Å². The van der Waals surface area contributed by atoms with Crippen molar-refractivity contribution in [2.45, 2.75) is 52.4 Å². The van der Waals surface area contributed by atoms with Crippen molar-refractivity contribution in [3.63, 3.8) is 0 Å². The Labute approximate surface area is 147 Å². The molecule has 24 heavy (non-hydrogen) atoms. The average Bonchev–Trinajstić information content (AvgIpc) is 2.60. The molecule has 0 spiro atoms. The molecule has 0 unspecified atom stereocenters. The van der Waals surface area contributed by atoms with Gasteiger partial charge in [-0.05, 0) is 38.5 Å². The fourth-order valence-electron chi connectivity index (χ4n) is 2.84. The molecule has 2 N–H and O–H groups in total. The zero-order chi connectivity index (χ0) is 17.6. The summed E-state index contributed by atoms with van der Waals surface area (Å²) < 4.78 is 5.58. The molecule has 0 aromatic heterocycles. The van der Waals surface area contributed by atoms with Gasteiger partial charge in [-0.1, -0.05) is 13.3 Å². The van der Waals surface area contributed by atoms with Gasteiger partial charge >= 0.3 is 0 Å². The minimum Gasteiger partial charge on any atom is -0.381 e. The predicted octanol–water partition coefficient (Wildman–Crippen LogP) is 2.01. The number of guanidine groups is 1. The molecule has 0 bridgehead atoms. The SMILES string of the molecule is CCCCOCCCN=C(NCC)N1CCC(CC(=O)NC)CC1. The Bertz CT molecular complexity index is 366. The number of hydrogen-bond donors (Lipinski definition) is 2. The van der Waals surface area contributed by atoms with Gasteiger partial charge in [-0.15, -0.1) is 0 Å². The first-order valence-corrected chi connectivity index (χ1v) is 9.52. The van der Waals surface area contributed by atoms with E-state index in [2.05, 4.69) is 29.4 Å². The molecule has 6 heteroatoms. The molecular weight excluding hydrogens is 304 g/mol. The fraction of sp³-hybridized carbons (Fsp3) is 0.889. The Balaban J connectivity index is 2.31. The minimum atomic E-state index is 0.150. The largest absolute Gasteiger partial charge is 0.381 e. The zero-order valence-corrected chi connectivity index (χ0v) is 15.8. The molecule has 6 nitrogen and oxygen atoms in total. The Kier molecular flexibility index (Phi) is 11.3. The van der Waals surface area contributed by atoms with Crippen molar-refractivity contribution in [2.24, 2.45) is 10.9 Å². The van der Waals surface area contributed by atoms with Crippen LogP contribution < -0.4 is 10.6 Å². The summed E-state index contributed by atoms with van der Waals surface area (Å²) in [6.07, 6.45) is 6.03. The maximum Gasteiger partial charge on any atom is 0.220 e. The summed E-state index contributed by atoms with van der Waals surface area (Å²) in [5.41, 5.74) is 0. The molecule has 0 aromatic rings. The highest BCUT2D eigenvalue weighted by Gasteiger charge is 2.22. The molecule has 0 radical (unpaired) electrons. The van der Waals surface area contributed by atoms with Crippen molar-refractivity contribution in [3.05, 3.63) is 0 Å². The molecule has 1 aliphatic rings. The second-order valence-corrected chi connectivity index (χ2v) is 6.36. The van der Waals surface area contributed by atoms with Gasteiger partial charge in [0.15, 0.2) is 5.96 Å². The molecule has 0 aliphatic carbocycles. The summed E-state index contributed by atoms with van der Waals surface area (Å²) in [5, 5.41) is 6.10. The molecule has 0 saturated carbocycles. The van der Waals surface area contributed by atoms with Gasteiger partial charge in [0.25, 0.3) is 0 Å². The summed E-state index contributed by atoms with van der Waals surface area (Å²) >= 11 is 0. The lowest BCUT2D eigenvalue weighted by Crippen LogP contribution is -2.46. The Morgan fingerprint density at radius 1 is 1.21 bits per heavy atom. The van der Waals surface area contributed by atoms with E-state index in [4.69, 9.17) is 9.73 Å². The Morgan fingerprint density at radius 3 is 2.54 bits per heavy atom. The van der Waals surface area contributed by atoms with E-state index >= 15 is 0 Å². The lowest BCUT2D eigenvalue weighted by molar-refractivity contribution is -0.121. The van der Waals surface area contributed by atoms with Crippen molar-refractivity contribution in [2.75, 3.05) is 46.4 Å². The minimum absolute atomic E-state index is 0.150. The zero-order valence-electron chi connectivity index (χ0n) is 15.8. The topological polar surface area (TPSA) is 66.0 Å². The predicted molar refractivity (Wildman–Crippen MR) is 99.3 cm³/mol. The van der Waals surface area contributed by atoms with E-state index in [0.29, 0.717) is 12.3 Å². The highest BCUT2D eigenvalue weighted by Crippen LogP contribution is 2.20. The summed E-state index contributed by atoms with van der Waals surface area (Å²) in [6.45, 7) is 9.55. The van der Waals surface area contributed by atoms with Crippen LogP contribution in [0.5, 0.6) is 0 Å². The van der Waals surface area contributed by atoms with Crippen LogP contribution in [0.15, 0.2) is 4.99 Å². The second-order valence-electron chi connectivity index (χ2n) is 6.36. The number of aliphatic imine (C=N–C) groups is 1. The van der Waals surface area contributed by atoms with E-state index < -0.39 is 0 Å². The second kappa shape index (κ2) is 13.0. The van der Waals surface area contributed by atoms with Crippen molar-refractivity contribution in [1.82, 2.24) is 15.5 Å². The number of nitrogens with one attached hydrogen (secondary N) is 2. The van der Waals surface area contributed by atoms with Gasteiger partial charge in [-0.2, -0.15) is 0 Å². The molecule has 0 atom stereocenters. The monoisotopic (exact) mass is 340 g/mol. The van der Waals surface area contributed by atoms with E-state index in [1.165, 1.54) is 6.42 Å². The Morgan fingerprint density at radius 2 is 1.92 bits per heavy atom. The molecular formula is C18H36N4O2. The first-order valence-electron chi connectivity index (χ1n) is 9.52. The van der Waals surface area contributed by atoms with Crippen LogP contribution in [0, 0.1) is 5.92 Å². The van der Waals surface area contributed by atoms with E-state index in [1.807, 2.05) is 0 Å². The van der Waals surface area contributed by atoms with Crippen LogP contribution in [0.25, 0.3) is 0 Å². The van der Waals surface area contributed by atoms with E-state index in [9.17, 15) is 4.79 Å². The average molecular weight is 341 g/mol. The maximum absolute atomic E-state index is 11.5. The number of amides is 1. The molecule has 1 aliphatic heterocycles. The quantitative estimate of drug-likeness (QED) is 0.363. The number of hydrogen-bond acceptors (Lipinski definition) is 3. The third kappa shape index (κ3) is 8.52. The molecule has 0 aromatic carbocycles. The number of likely N-dealkylation sites (tertiary alicyclic amines) is 1. The van der Waals surface area contributed by atoms with E-state index in [-0.39, 0.29) is 5.91 Å². The van der Waals surface area contributed by atoms with Crippen LogP contribution in [0.2, 0.25) is 0 Å². The van der Waals surface area contributed by atoms with Gasteiger partial charge < -0.3 is 20.3 Å². The van der Waals surface area contributed by atoms with Crippen LogP contribution >= 0.6 is 0 Å². The number of unbranched alkanes of at least 4 members (excludes halogenated alkanes) is 1. The Hall–Kier alpha value is -1.30.